The number of nitrogens with zero attached hydrogens (tertiary/aromatic N) is 3. The van der Waals surface area contributed by atoms with Crippen molar-refractivity contribution in [2.24, 2.45) is 5.11 Å². The highest BCUT2D eigenvalue weighted by Crippen LogP contribution is 2.39. The van der Waals surface area contributed by atoms with Crippen molar-refractivity contribution in [2.75, 3.05) is 153 Å². The highest BCUT2D eigenvalue weighted by Gasteiger charge is 2.19. The van der Waals surface area contributed by atoms with Gasteiger partial charge in [0.1, 0.15) is 19.8 Å². The van der Waals surface area contributed by atoms with Crippen LogP contribution in [0.1, 0.15) is 10.4 Å². The maximum atomic E-state index is 13.0. The summed E-state index contributed by atoms with van der Waals surface area (Å²) in [5, 5.41) is 6.16. The van der Waals surface area contributed by atoms with Crippen LogP contribution in [0, 0.1) is 0 Å². The monoisotopic (exact) mass is 676 g/mol. The van der Waals surface area contributed by atoms with Gasteiger partial charge in [-0.3, -0.25) is 4.79 Å². The van der Waals surface area contributed by atoms with E-state index in [2.05, 4.69) is 15.3 Å². The first-order chi connectivity index (χ1) is 23.2. The second-order valence-electron chi connectivity index (χ2n) is 9.21. The van der Waals surface area contributed by atoms with Crippen molar-refractivity contribution in [3.8, 4) is 17.2 Å². The summed E-state index contributed by atoms with van der Waals surface area (Å²) >= 11 is 0. The van der Waals surface area contributed by atoms with Crippen LogP contribution in [0.2, 0.25) is 0 Å². The first kappa shape index (κ1) is 42.1. The van der Waals surface area contributed by atoms with E-state index in [0.717, 1.165) is 0 Å². The predicted octanol–water partition coefficient (Wildman–Crippen LogP) is 1.90. The minimum atomic E-state index is -0.412. The third-order valence-corrected chi connectivity index (χ3v) is 5.70. The minimum Gasteiger partial charge on any atom is -0.487 e. The largest absolute Gasteiger partial charge is 0.487 e. The van der Waals surface area contributed by atoms with Crippen molar-refractivity contribution in [1.29, 1.82) is 0 Å². The van der Waals surface area contributed by atoms with E-state index in [9.17, 15) is 4.79 Å². The summed E-state index contributed by atoms with van der Waals surface area (Å²) in [7, 11) is 4.83. The number of hydrogen-bond donors (Lipinski definition) is 1. The number of carbonyl (C=O) groups is 1. The molecule has 1 N–H and O–H groups in total. The summed E-state index contributed by atoms with van der Waals surface area (Å²) in [6.45, 7) is 6.92. The number of benzene rings is 1. The summed E-state index contributed by atoms with van der Waals surface area (Å²) in [5.74, 6) is 0.433. The molecular formula is C30H52N4O13. The number of rotatable bonds is 34. The van der Waals surface area contributed by atoms with Crippen LogP contribution in [0.15, 0.2) is 17.2 Å². The topological polar surface area (TPSA) is 189 Å². The van der Waals surface area contributed by atoms with Crippen molar-refractivity contribution in [2.45, 2.75) is 0 Å². The lowest BCUT2D eigenvalue weighted by molar-refractivity contribution is 0.0146. The molecule has 1 rings (SSSR count). The van der Waals surface area contributed by atoms with E-state index in [1.807, 2.05) is 0 Å². The predicted molar refractivity (Wildman–Crippen MR) is 170 cm³/mol. The molecule has 0 aromatic heterocycles. The first-order valence-electron chi connectivity index (χ1n) is 15.5. The highest BCUT2D eigenvalue weighted by molar-refractivity contribution is 5.95. The number of nitrogens with one attached hydrogen (secondary N) is 1. The van der Waals surface area contributed by atoms with E-state index in [0.29, 0.717) is 85.0 Å². The van der Waals surface area contributed by atoms with Crippen LogP contribution in [-0.2, 0) is 42.6 Å². The molecule has 0 fully saturated rings. The van der Waals surface area contributed by atoms with Gasteiger partial charge in [-0.05, 0) is 17.7 Å². The fraction of sp³-hybridized carbons (Fsp3) is 0.767. The van der Waals surface area contributed by atoms with Gasteiger partial charge in [-0.15, -0.1) is 0 Å². The van der Waals surface area contributed by atoms with E-state index in [1.54, 1.807) is 33.5 Å². The fourth-order valence-electron chi connectivity index (χ4n) is 3.45. The highest BCUT2D eigenvalue weighted by atomic mass is 16.6. The summed E-state index contributed by atoms with van der Waals surface area (Å²) in [5.41, 5.74) is 8.78. The number of amides is 1. The molecule has 1 aromatic rings. The molecule has 270 valence electrons. The smallest absolute Gasteiger partial charge is 0.251 e. The Morgan fingerprint density at radius 1 is 0.596 bits per heavy atom. The lowest BCUT2D eigenvalue weighted by Crippen LogP contribution is -2.26. The molecule has 17 nitrogen and oxygen atoms in total. The molecule has 0 radical (unpaired) electrons. The molecule has 0 saturated heterocycles. The van der Waals surface area contributed by atoms with Gasteiger partial charge in [0.25, 0.3) is 5.91 Å². The second kappa shape index (κ2) is 31.6. The molecule has 0 saturated carbocycles. The van der Waals surface area contributed by atoms with Gasteiger partial charge in [0.05, 0.1) is 99.1 Å². The van der Waals surface area contributed by atoms with E-state index in [4.69, 9.17) is 62.4 Å². The summed E-state index contributed by atoms with van der Waals surface area (Å²) < 4.78 is 66.0. The number of ether oxygens (including phenoxy) is 12. The summed E-state index contributed by atoms with van der Waals surface area (Å²) in [4.78, 5) is 15.7. The van der Waals surface area contributed by atoms with Gasteiger partial charge >= 0.3 is 0 Å². The lowest BCUT2D eigenvalue weighted by atomic mass is 10.1. The first-order valence-corrected chi connectivity index (χ1v) is 15.5. The molecule has 1 aromatic carbocycles. The van der Waals surface area contributed by atoms with Crippen LogP contribution < -0.4 is 19.5 Å². The molecule has 0 aliphatic heterocycles. The van der Waals surface area contributed by atoms with Gasteiger partial charge in [-0.25, -0.2) is 0 Å². The Labute approximate surface area is 276 Å². The Hall–Kier alpha value is -2.96. The molecule has 0 aliphatic rings. The van der Waals surface area contributed by atoms with E-state index < -0.39 is 5.91 Å². The van der Waals surface area contributed by atoms with E-state index in [-0.39, 0.29) is 69.8 Å². The van der Waals surface area contributed by atoms with Gasteiger partial charge in [0.2, 0.25) is 5.75 Å². The molecular weight excluding hydrogens is 624 g/mol. The molecule has 0 aliphatic carbocycles. The fourth-order valence-corrected chi connectivity index (χ4v) is 3.45. The third kappa shape index (κ3) is 23.1. The average Bonchev–Trinajstić information content (AvgIpc) is 3.08. The lowest BCUT2D eigenvalue weighted by Gasteiger charge is -2.19. The standard InChI is InChI=1S/C30H52N4O13/c1-36-6-9-39-12-15-42-18-21-45-27-24-26(30(35)32-4-5-33-34-31)25-28(46-22-19-43-16-13-40-10-7-37-2)29(27)47-23-20-44-17-14-41-11-8-38-3/h24-25H,4-23H2,1-3H3,(H,32,35). The van der Waals surface area contributed by atoms with E-state index >= 15 is 0 Å². The molecule has 47 heavy (non-hydrogen) atoms. The average molecular weight is 677 g/mol. The SMILES string of the molecule is COCCOCCOCCOc1cc(C(=O)NCCN=[N+]=[N-])cc(OCCOCCOCCOC)c1OCCOCCOCCOC. The molecule has 17 heteroatoms. The van der Waals surface area contributed by atoms with Crippen LogP contribution in [0.3, 0.4) is 0 Å². The normalized spacial score (nSPS) is 10.9. The van der Waals surface area contributed by atoms with Crippen molar-refractivity contribution in [3.05, 3.63) is 28.1 Å². The van der Waals surface area contributed by atoms with Crippen molar-refractivity contribution in [1.82, 2.24) is 5.32 Å². The third-order valence-electron chi connectivity index (χ3n) is 5.70. The van der Waals surface area contributed by atoms with Crippen LogP contribution >= 0.6 is 0 Å². The van der Waals surface area contributed by atoms with Crippen molar-refractivity contribution >= 4 is 5.91 Å². The van der Waals surface area contributed by atoms with Crippen molar-refractivity contribution in [3.63, 3.8) is 0 Å². The Morgan fingerprint density at radius 3 is 1.34 bits per heavy atom. The number of hydrogen-bond acceptors (Lipinski definition) is 14. The van der Waals surface area contributed by atoms with Gasteiger partial charge in [0.15, 0.2) is 11.5 Å². The zero-order valence-corrected chi connectivity index (χ0v) is 27.9. The Bertz CT molecular complexity index is 911. The van der Waals surface area contributed by atoms with Crippen molar-refractivity contribution < 1.29 is 61.6 Å². The van der Waals surface area contributed by atoms with Crippen LogP contribution in [-0.4, -0.2) is 159 Å². The van der Waals surface area contributed by atoms with Gasteiger partial charge in [-0.2, -0.15) is 0 Å². The van der Waals surface area contributed by atoms with Crippen LogP contribution in [0.25, 0.3) is 10.4 Å². The Kier molecular flexibility index (Phi) is 28.3. The summed E-state index contributed by atoms with van der Waals surface area (Å²) in [6.07, 6.45) is 0. The molecule has 0 unspecified atom stereocenters. The van der Waals surface area contributed by atoms with Gasteiger partial charge in [0, 0.05) is 44.9 Å². The Morgan fingerprint density at radius 2 is 0.957 bits per heavy atom. The second-order valence-corrected chi connectivity index (χ2v) is 9.21. The van der Waals surface area contributed by atoms with E-state index in [1.165, 1.54) is 0 Å². The zero-order chi connectivity index (χ0) is 34.0. The van der Waals surface area contributed by atoms with Gasteiger partial charge in [-0.1, -0.05) is 5.11 Å². The van der Waals surface area contributed by atoms with Crippen LogP contribution in [0.5, 0.6) is 17.2 Å². The molecule has 0 heterocycles. The zero-order valence-electron chi connectivity index (χ0n) is 27.9. The number of carbonyl (C=O) groups excluding carboxylic acids is 1. The molecule has 0 spiro atoms. The quantitative estimate of drug-likeness (QED) is 0.0483. The van der Waals surface area contributed by atoms with Crippen LogP contribution in [0.4, 0.5) is 0 Å². The number of azide groups is 1. The summed E-state index contributed by atoms with van der Waals surface area (Å²) in [6, 6.07) is 3.11. The molecule has 0 atom stereocenters. The van der Waals surface area contributed by atoms with Gasteiger partial charge < -0.3 is 62.2 Å². The molecule has 0 bridgehead atoms. The maximum absolute atomic E-state index is 13.0. The maximum Gasteiger partial charge on any atom is 0.251 e. The molecule has 1 amide bonds. The Balaban J connectivity index is 2.91. The number of methoxy groups -OCH3 is 3. The minimum absolute atomic E-state index is 0.104.